The number of aromatic amines is 1. The van der Waals surface area contributed by atoms with E-state index < -0.39 is 12.1 Å². The summed E-state index contributed by atoms with van der Waals surface area (Å²) in [6, 6.07) is 12.2. The number of halogens is 1. The van der Waals surface area contributed by atoms with Gasteiger partial charge in [0.25, 0.3) is 6.01 Å². The second kappa shape index (κ2) is 8.58. The van der Waals surface area contributed by atoms with Crippen LogP contribution in [-0.2, 0) is 11.8 Å². The molecule has 7 heteroatoms. The molecule has 6 nitrogen and oxygen atoms in total. The van der Waals surface area contributed by atoms with Gasteiger partial charge in [0.1, 0.15) is 17.7 Å². The predicted octanol–water partition coefficient (Wildman–Crippen LogP) is 6.04. The third-order valence-corrected chi connectivity index (χ3v) is 6.69. The van der Waals surface area contributed by atoms with Crippen molar-refractivity contribution in [2.75, 3.05) is 0 Å². The molecule has 0 saturated carbocycles. The summed E-state index contributed by atoms with van der Waals surface area (Å²) in [5.41, 5.74) is 3.80. The highest BCUT2D eigenvalue weighted by Gasteiger charge is 2.31. The Hall–Kier alpha value is -4.13. The second-order valence-corrected chi connectivity index (χ2v) is 9.19. The molecule has 178 valence electrons. The molecule has 0 bridgehead atoms. The van der Waals surface area contributed by atoms with Crippen molar-refractivity contribution in [2.45, 2.75) is 38.3 Å². The number of aryl methyl sites for hydroxylation is 1. The van der Waals surface area contributed by atoms with E-state index in [0.29, 0.717) is 34.7 Å². The molecule has 0 amide bonds. The van der Waals surface area contributed by atoms with E-state index in [4.69, 9.17) is 4.74 Å². The lowest BCUT2D eigenvalue weighted by molar-refractivity contribution is 0.0695. The fourth-order valence-corrected chi connectivity index (χ4v) is 4.62. The summed E-state index contributed by atoms with van der Waals surface area (Å²) < 4.78 is 20.9. The quantitative estimate of drug-likeness (QED) is 0.421. The number of ether oxygens (including phenoxy) is 1. The summed E-state index contributed by atoms with van der Waals surface area (Å²) in [5, 5.41) is 19.6. The molecule has 1 aromatic heterocycles. The minimum atomic E-state index is -1.21. The number of carboxylic acid groups (broad SMARTS) is 1. The maximum Gasteiger partial charge on any atom is 0.336 e. The number of nitrogens with one attached hydrogen (secondary N) is 1. The molecule has 0 saturated heterocycles. The van der Waals surface area contributed by atoms with Crippen molar-refractivity contribution in [3.8, 4) is 17.5 Å². The fourth-order valence-electron chi connectivity index (χ4n) is 4.62. The Morgan fingerprint density at radius 1 is 1.26 bits per heavy atom. The zero-order valence-electron chi connectivity index (χ0n) is 19.4. The molecular weight excluding hydrogens is 447 g/mol. The number of phenolic OH excluding ortho intramolecular Hbond substituents is 1. The maximum atomic E-state index is 15.2. The minimum Gasteiger partial charge on any atom is -0.508 e. The number of para-hydroxylation sites is 1. The average molecular weight is 473 g/mol. The van der Waals surface area contributed by atoms with Crippen molar-refractivity contribution >= 4 is 12.0 Å². The highest BCUT2D eigenvalue weighted by molar-refractivity contribution is 5.89. The molecule has 0 radical (unpaired) electrons. The SMILES string of the molecule is Cc1ccc(Oc2nc3c([nH]2)CC(F)C(C2=CCC(C)(c4ccccc4O)C=C2)=C3)cc1C(=O)O. The monoisotopic (exact) mass is 472 g/mol. The molecule has 2 unspecified atom stereocenters. The molecule has 3 aromatic rings. The zero-order chi connectivity index (χ0) is 24.7. The lowest BCUT2D eigenvalue weighted by atomic mass is 9.74. The molecule has 2 aliphatic rings. The van der Waals surface area contributed by atoms with Gasteiger partial charge < -0.3 is 19.9 Å². The summed E-state index contributed by atoms with van der Waals surface area (Å²) in [7, 11) is 0. The van der Waals surface area contributed by atoms with Gasteiger partial charge in [0.15, 0.2) is 0 Å². The van der Waals surface area contributed by atoms with Crippen molar-refractivity contribution < 1.29 is 24.1 Å². The first-order chi connectivity index (χ1) is 16.7. The van der Waals surface area contributed by atoms with E-state index in [2.05, 4.69) is 9.97 Å². The van der Waals surface area contributed by atoms with Crippen LogP contribution in [0.2, 0.25) is 0 Å². The maximum absolute atomic E-state index is 15.2. The third kappa shape index (κ3) is 4.25. The van der Waals surface area contributed by atoms with Crippen LogP contribution in [0.5, 0.6) is 17.5 Å². The normalized spacial score (nSPS) is 21.2. The van der Waals surface area contributed by atoms with Crippen molar-refractivity contribution in [1.29, 1.82) is 0 Å². The number of phenols is 1. The average Bonchev–Trinajstić information content (AvgIpc) is 3.21. The lowest BCUT2D eigenvalue weighted by Gasteiger charge is -2.30. The second-order valence-electron chi connectivity index (χ2n) is 9.19. The van der Waals surface area contributed by atoms with Gasteiger partial charge in [-0.3, -0.25) is 0 Å². The highest BCUT2D eigenvalue weighted by Crippen LogP contribution is 2.41. The van der Waals surface area contributed by atoms with E-state index in [9.17, 15) is 15.0 Å². The summed E-state index contributed by atoms with van der Waals surface area (Å²) in [4.78, 5) is 18.9. The van der Waals surface area contributed by atoms with Crippen LogP contribution in [0.3, 0.4) is 0 Å². The molecule has 2 atom stereocenters. The number of alkyl halides is 1. The Morgan fingerprint density at radius 2 is 2.06 bits per heavy atom. The van der Waals surface area contributed by atoms with Crippen LogP contribution in [0, 0.1) is 6.92 Å². The smallest absolute Gasteiger partial charge is 0.336 e. The summed E-state index contributed by atoms with van der Waals surface area (Å²) in [6.45, 7) is 3.76. The molecule has 0 spiro atoms. The number of fused-ring (bicyclic) bond motifs is 1. The number of aromatic hydroxyl groups is 1. The van der Waals surface area contributed by atoms with E-state index in [1.54, 1.807) is 37.3 Å². The van der Waals surface area contributed by atoms with E-state index in [1.165, 1.54) is 6.07 Å². The lowest BCUT2D eigenvalue weighted by Crippen LogP contribution is -2.22. The Bertz CT molecular complexity index is 1420. The molecule has 5 rings (SSSR count). The molecule has 3 N–H and O–H groups in total. The van der Waals surface area contributed by atoms with E-state index in [-0.39, 0.29) is 29.2 Å². The first kappa shape index (κ1) is 22.7. The number of nitrogens with zero attached hydrogens (tertiary/aromatic N) is 1. The van der Waals surface area contributed by atoms with Crippen LogP contribution in [0.1, 0.15) is 46.2 Å². The van der Waals surface area contributed by atoms with Gasteiger partial charge in [-0.15, -0.1) is 0 Å². The Kier molecular flexibility index (Phi) is 5.55. The number of rotatable bonds is 5. The number of hydrogen-bond donors (Lipinski definition) is 3. The van der Waals surface area contributed by atoms with Crippen molar-refractivity contribution in [3.63, 3.8) is 0 Å². The molecule has 0 aliphatic heterocycles. The standard InChI is InChI=1S/C28H25FN2O4/c1-16-7-8-18(13-19(16)26(33)34)35-27-30-23-14-20(22(29)15-24(23)31-27)17-9-11-28(2,12-10-17)21-5-3-4-6-25(21)32/h3-11,13-14,22,32H,12,15H2,1-2H3,(H,30,31)(H,33,34). The van der Waals surface area contributed by atoms with Crippen molar-refractivity contribution in [3.05, 3.63) is 99.9 Å². The number of aromatic nitrogens is 2. The topological polar surface area (TPSA) is 95.4 Å². The molecule has 0 fully saturated rings. The van der Waals surface area contributed by atoms with Gasteiger partial charge >= 0.3 is 5.97 Å². The van der Waals surface area contributed by atoms with Crippen LogP contribution < -0.4 is 4.74 Å². The first-order valence-corrected chi connectivity index (χ1v) is 11.4. The molecule has 2 aliphatic carbocycles. The number of aromatic carboxylic acids is 1. The third-order valence-electron chi connectivity index (χ3n) is 6.69. The van der Waals surface area contributed by atoms with E-state index in [0.717, 1.165) is 11.1 Å². The number of imidazole rings is 1. The van der Waals surface area contributed by atoms with E-state index >= 15 is 4.39 Å². The van der Waals surface area contributed by atoms with Gasteiger partial charge in [-0.2, -0.15) is 4.98 Å². The molecule has 1 heterocycles. The van der Waals surface area contributed by atoms with Crippen LogP contribution in [-0.4, -0.2) is 32.3 Å². The first-order valence-electron chi connectivity index (χ1n) is 11.4. The van der Waals surface area contributed by atoms with Gasteiger partial charge in [-0.1, -0.05) is 49.4 Å². The molecule has 2 aromatic carbocycles. The Balaban J connectivity index is 1.38. The predicted molar refractivity (Wildman–Crippen MR) is 131 cm³/mol. The molecule has 35 heavy (non-hydrogen) atoms. The van der Waals surface area contributed by atoms with Crippen LogP contribution in [0.25, 0.3) is 6.08 Å². The van der Waals surface area contributed by atoms with Crippen molar-refractivity contribution in [1.82, 2.24) is 9.97 Å². The van der Waals surface area contributed by atoms with Gasteiger partial charge in [0.2, 0.25) is 0 Å². The summed E-state index contributed by atoms with van der Waals surface area (Å²) in [5.74, 6) is -0.456. The summed E-state index contributed by atoms with van der Waals surface area (Å²) in [6.07, 6.45) is 7.19. The largest absolute Gasteiger partial charge is 0.508 e. The Morgan fingerprint density at radius 3 is 2.77 bits per heavy atom. The summed E-state index contributed by atoms with van der Waals surface area (Å²) >= 11 is 0. The van der Waals surface area contributed by atoms with Crippen molar-refractivity contribution in [2.24, 2.45) is 0 Å². The van der Waals surface area contributed by atoms with Gasteiger partial charge in [-0.05, 0) is 54.3 Å². The van der Waals surface area contributed by atoms with Gasteiger partial charge in [0, 0.05) is 23.1 Å². The van der Waals surface area contributed by atoms with Gasteiger partial charge in [0.05, 0.1) is 11.3 Å². The number of benzene rings is 2. The number of carboxylic acids is 1. The minimum absolute atomic E-state index is 0.133. The van der Waals surface area contributed by atoms with Crippen LogP contribution in [0.4, 0.5) is 4.39 Å². The fraction of sp³-hybridized carbons (Fsp3) is 0.214. The van der Waals surface area contributed by atoms with Gasteiger partial charge in [-0.25, -0.2) is 9.18 Å². The Labute approximate surface area is 202 Å². The highest BCUT2D eigenvalue weighted by atomic mass is 19.1. The van der Waals surface area contributed by atoms with Crippen LogP contribution in [0.15, 0.2) is 71.8 Å². The number of H-pyrrole nitrogens is 1. The van der Waals surface area contributed by atoms with E-state index in [1.807, 2.05) is 37.3 Å². The zero-order valence-corrected chi connectivity index (χ0v) is 19.4. The number of carbonyl (C=O) groups is 1. The number of hydrogen-bond acceptors (Lipinski definition) is 4. The molecular formula is C28H25FN2O4. The number of allylic oxidation sites excluding steroid dienone is 5. The van der Waals surface area contributed by atoms with Crippen LogP contribution >= 0.6 is 0 Å².